The van der Waals surface area contributed by atoms with E-state index in [4.69, 9.17) is 4.74 Å². The summed E-state index contributed by atoms with van der Waals surface area (Å²) in [6, 6.07) is 0. The summed E-state index contributed by atoms with van der Waals surface area (Å²) in [5.74, 6) is -0.156. The third-order valence-corrected chi connectivity index (χ3v) is 12.1. The average molecular weight is 519 g/mol. The van der Waals surface area contributed by atoms with E-state index in [-0.39, 0.29) is 48.3 Å². The third-order valence-electron chi connectivity index (χ3n) is 12.1. The zero-order chi connectivity index (χ0) is 27.3. The maximum Gasteiger partial charge on any atom is 0.140 e. The van der Waals surface area contributed by atoms with Crippen molar-refractivity contribution in [3.05, 3.63) is 23.3 Å². The number of hydrogen-bond acceptors (Lipinski definition) is 7. The van der Waals surface area contributed by atoms with E-state index in [9.17, 15) is 30.3 Å². The molecule has 3 saturated carbocycles. The molecular formula is C30H46O7. The minimum atomic E-state index is -1.08. The molecule has 0 unspecified atom stereocenters. The number of aliphatic hydroxyl groups is 5. The molecule has 208 valence electrons. The maximum absolute atomic E-state index is 14.3. The molecule has 0 aromatic carbocycles. The van der Waals surface area contributed by atoms with E-state index in [1.165, 1.54) is 0 Å². The van der Waals surface area contributed by atoms with E-state index < -0.39 is 40.2 Å². The Morgan fingerprint density at radius 3 is 2.32 bits per heavy atom. The lowest BCUT2D eigenvalue weighted by atomic mass is 9.38. The molecule has 1 saturated heterocycles. The van der Waals surface area contributed by atoms with Gasteiger partial charge in [0, 0.05) is 29.6 Å². The molecule has 0 aromatic heterocycles. The second kappa shape index (κ2) is 8.45. The monoisotopic (exact) mass is 518 g/mol. The van der Waals surface area contributed by atoms with Gasteiger partial charge < -0.3 is 30.3 Å². The Bertz CT molecular complexity index is 1020. The van der Waals surface area contributed by atoms with Gasteiger partial charge in [0.05, 0.1) is 43.2 Å². The van der Waals surface area contributed by atoms with Crippen LogP contribution in [0.4, 0.5) is 0 Å². The van der Waals surface area contributed by atoms with E-state index in [1.54, 1.807) is 6.08 Å². The summed E-state index contributed by atoms with van der Waals surface area (Å²) in [5, 5.41) is 52.6. The Hall–Kier alpha value is -1.09. The minimum Gasteiger partial charge on any atom is -0.392 e. The fraction of sp³-hybridized carbons (Fsp3) is 0.833. The number of carbonyl (C=O) groups excluding carboxylic acids is 1. The van der Waals surface area contributed by atoms with Crippen LogP contribution in [-0.2, 0) is 9.53 Å². The Labute approximate surface area is 220 Å². The van der Waals surface area contributed by atoms with E-state index in [2.05, 4.69) is 26.8 Å². The lowest BCUT2D eigenvalue weighted by Gasteiger charge is -2.65. The number of allylic oxidation sites excluding steroid dienone is 1. The molecule has 11 atom stereocenters. The number of ether oxygens (including phenoxy) is 1. The van der Waals surface area contributed by atoms with Gasteiger partial charge in [0.25, 0.3) is 0 Å². The molecule has 5 aliphatic rings. The third kappa shape index (κ3) is 3.50. The molecule has 1 heterocycles. The molecule has 0 aromatic rings. The van der Waals surface area contributed by atoms with Crippen molar-refractivity contribution in [3.63, 3.8) is 0 Å². The number of rotatable bonds is 3. The zero-order valence-electron chi connectivity index (χ0n) is 23.2. The predicted octanol–water partition coefficient (Wildman–Crippen LogP) is 2.53. The van der Waals surface area contributed by atoms with Crippen LogP contribution in [0.25, 0.3) is 0 Å². The van der Waals surface area contributed by atoms with E-state index >= 15 is 0 Å². The molecule has 4 aliphatic carbocycles. The highest BCUT2D eigenvalue weighted by Gasteiger charge is 2.75. The Balaban J connectivity index is 1.57. The van der Waals surface area contributed by atoms with Crippen LogP contribution in [0.2, 0.25) is 0 Å². The Morgan fingerprint density at radius 1 is 1.05 bits per heavy atom. The van der Waals surface area contributed by atoms with E-state index in [0.717, 1.165) is 12.0 Å². The largest absolute Gasteiger partial charge is 0.392 e. The first-order valence-electron chi connectivity index (χ1n) is 14.0. The summed E-state index contributed by atoms with van der Waals surface area (Å²) in [5.41, 5.74) is -1.56. The van der Waals surface area contributed by atoms with Crippen molar-refractivity contribution in [3.8, 4) is 0 Å². The summed E-state index contributed by atoms with van der Waals surface area (Å²) in [6.45, 7) is 11.8. The molecule has 1 aliphatic heterocycles. The number of Topliss-reactive ketones (excluding diaryl/α,β-unsaturated/α-hetero) is 1. The van der Waals surface area contributed by atoms with Gasteiger partial charge in [-0.3, -0.25) is 4.79 Å². The van der Waals surface area contributed by atoms with Crippen molar-refractivity contribution in [2.75, 3.05) is 13.2 Å². The molecule has 0 amide bonds. The van der Waals surface area contributed by atoms with Gasteiger partial charge in [-0.2, -0.15) is 0 Å². The highest BCUT2D eigenvalue weighted by molar-refractivity contribution is 5.88. The summed E-state index contributed by atoms with van der Waals surface area (Å²) in [7, 11) is 0. The van der Waals surface area contributed by atoms with Crippen LogP contribution < -0.4 is 0 Å². The lowest BCUT2D eigenvalue weighted by molar-refractivity contribution is -0.202. The van der Waals surface area contributed by atoms with Crippen LogP contribution in [-0.4, -0.2) is 74.5 Å². The first-order valence-corrected chi connectivity index (χ1v) is 14.0. The molecule has 7 heteroatoms. The first kappa shape index (κ1) is 27.5. The van der Waals surface area contributed by atoms with Crippen LogP contribution >= 0.6 is 0 Å². The van der Waals surface area contributed by atoms with Gasteiger partial charge in [0.1, 0.15) is 5.78 Å². The molecule has 0 radical (unpaired) electrons. The molecular weight excluding hydrogens is 472 g/mol. The van der Waals surface area contributed by atoms with Crippen molar-refractivity contribution >= 4 is 5.78 Å². The molecule has 5 rings (SSSR count). The van der Waals surface area contributed by atoms with Gasteiger partial charge >= 0.3 is 0 Å². The fourth-order valence-electron chi connectivity index (χ4n) is 10.1. The second-order valence-electron chi connectivity index (χ2n) is 14.3. The first-order chi connectivity index (χ1) is 17.1. The van der Waals surface area contributed by atoms with Crippen molar-refractivity contribution in [1.29, 1.82) is 0 Å². The van der Waals surface area contributed by atoms with Crippen LogP contribution in [0.5, 0.6) is 0 Å². The minimum absolute atomic E-state index is 0.0164. The summed E-state index contributed by atoms with van der Waals surface area (Å²) in [6.07, 6.45) is 4.04. The molecule has 0 spiro atoms. The summed E-state index contributed by atoms with van der Waals surface area (Å²) >= 11 is 0. The fourth-order valence-corrected chi connectivity index (χ4v) is 10.1. The van der Waals surface area contributed by atoms with Crippen molar-refractivity contribution in [2.45, 2.75) is 104 Å². The standard InChI is InChI=1S/C30H46O7/c1-26(2)18-7-8-22-27(3)12-21-24(29(5,36)11-17(37-21)9-16(14-31)15-32)28(27,4)13-23(34)30(22,6)19(18)10-20(33)25(26)35/h7,9,17,19-22,24-25,31-33,35-36H,8,10-15H2,1-6H3/t17-,19-,20+,21-,22+,24+,25+,27+,28-,29+,30+/m1/s1. The maximum atomic E-state index is 14.3. The smallest absolute Gasteiger partial charge is 0.140 e. The van der Waals surface area contributed by atoms with Crippen molar-refractivity contribution < 1.29 is 35.1 Å². The molecule has 4 fully saturated rings. The normalized spacial score (nSPS) is 52.4. The second-order valence-corrected chi connectivity index (χ2v) is 14.3. The highest BCUT2D eigenvalue weighted by Crippen LogP contribution is 2.75. The van der Waals surface area contributed by atoms with Crippen LogP contribution in [0.1, 0.15) is 73.6 Å². The van der Waals surface area contributed by atoms with Gasteiger partial charge in [-0.05, 0) is 54.4 Å². The Kier molecular flexibility index (Phi) is 6.28. The van der Waals surface area contributed by atoms with Crippen LogP contribution in [0.15, 0.2) is 23.3 Å². The highest BCUT2D eigenvalue weighted by atomic mass is 16.5. The predicted molar refractivity (Wildman–Crippen MR) is 138 cm³/mol. The van der Waals surface area contributed by atoms with Crippen LogP contribution in [0.3, 0.4) is 0 Å². The van der Waals surface area contributed by atoms with E-state index in [0.29, 0.717) is 31.3 Å². The SMILES string of the molecule is CC1(C)C2=CC[C@@H]3[C@@](C)(C(=O)C[C@]4(C)[C@@H]5[C@@H](C[C@@]34C)O[C@H](C=C(CO)CO)C[C@]5(C)O)[C@@H]2C[C@H](O)[C@@H]1O. The number of carbonyl (C=O) groups is 1. The number of ketones is 1. The van der Waals surface area contributed by atoms with Crippen LogP contribution in [0, 0.1) is 39.4 Å². The van der Waals surface area contributed by atoms with Gasteiger partial charge in [-0.15, -0.1) is 0 Å². The van der Waals surface area contributed by atoms with Gasteiger partial charge in [-0.25, -0.2) is 0 Å². The van der Waals surface area contributed by atoms with Gasteiger partial charge in [0.15, 0.2) is 0 Å². The average Bonchev–Trinajstić information content (AvgIpc) is 3.03. The molecule has 0 bridgehead atoms. The van der Waals surface area contributed by atoms with Gasteiger partial charge in [-0.1, -0.05) is 52.3 Å². The molecule has 7 nitrogen and oxygen atoms in total. The summed E-state index contributed by atoms with van der Waals surface area (Å²) in [4.78, 5) is 14.3. The van der Waals surface area contributed by atoms with Crippen molar-refractivity contribution in [1.82, 2.24) is 0 Å². The Morgan fingerprint density at radius 2 is 1.70 bits per heavy atom. The van der Waals surface area contributed by atoms with Gasteiger partial charge in [0.2, 0.25) is 0 Å². The number of hydrogen-bond donors (Lipinski definition) is 5. The molecule has 5 N–H and O–H groups in total. The number of fused-ring (bicyclic) bond motifs is 7. The van der Waals surface area contributed by atoms with E-state index in [1.807, 2.05) is 20.8 Å². The topological polar surface area (TPSA) is 127 Å². The molecule has 37 heavy (non-hydrogen) atoms. The number of aliphatic hydroxyl groups excluding tert-OH is 4. The lowest BCUT2D eigenvalue weighted by Crippen LogP contribution is -2.65. The quantitative estimate of drug-likeness (QED) is 0.363. The summed E-state index contributed by atoms with van der Waals surface area (Å²) < 4.78 is 6.56. The van der Waals surface area contributed by atoms with Crippen molar-refractivity contribution in [2.24, 2.45) is 39.4 Å². The zero-order valence-corrected chi connectivity index (χ0v) is 23.2.